The van der Waals surface area contributed by atoms with Crippen LogP contribution in [-0.2, 0) is 22.4 Å². The van der Waals surface area contributed by atoms with E-state index in [1.165, 1.54) is 11.3 Å². The first kappa shape index (κ1) is 31.6. The molecule has 0 bridgehead atoms. The van der Waals surface area contributed by atoms with Crippen LogP contribution in [-0.4, -0.2) is 80.7 Å². The molecule has 0 spiro atoms. The number of nitrogens with one attached hydrogen (secondary N) is 1. The van der Waals surface area contributed by atoms with Crippen molar-refractivity contribution in [2.24, 2.45) is 0 Å². The maximum Gasteiger partial charge on any atom is 0.350 e. The Hall–Kier alpha value is -3.84. The predicted octanol–water partition coefficient (Wildman–Crippen LogP) is 5.14. The highest BCUT2D eigenvalue weighted by molar-refractivity contribution is 7.17. The van der Waals surface area contributed by atoms with Crippen LogP contribution < -0.4 is 29.3 Å². The summed E-state index contributed by atoms with van der Waals surface area (Å²) in [6.07, 6.45) is 3.02. The van der Waals surface area contributed by atoms with Gasteiger partial charge < -0.3 is 33.5 Å². The molecule has 2 atom stereocenters. The molecule has 2 aromatic heterocycles. The molecule has 2 unspecified atom stereocenters. The van der Waals surface area contributed by atoms with Gasteiger partial charge in [-0.05, 0) is 64.7 Å². The molecule has 2 aliphatic rings. The summed E-state index contributed by atoms with van der Waals surface area (Å²) in [7, 11) is 4.85. The molecule has 1 saturated heterocycles. The van der Waals surface area contributed by atoms with Crippen LogP contribution in [0, 0.1) is 6.92 Å². The van der Waals surface area contributed by atoms with Gasteiger partial charge in [-0.15, -0.1) is 0 Å². The van der Waals surface area contributed by atoms with Crippen LogP contribution >= 0.6 is 11.3 Å². The highest BCUT2D eigenvalue weighted by atomic mass is 32.1. The van der Waals surface area contributed by atoms with Crippen molar-refractivity contribution in [2.45, 2.75) is 65.7 Å². The third-order valence-corrected chi connectivity index (χ3v) is 8.71. The average Bonchev–Trinajstić information content (AvgIpc) is 3.25. The number of methoxy groups -OCH3 is 3. The van der Waals surface area contributed by atoms with Crippen molar-refractivity contribution in [1.29, 1.82) is 0 Å². The van der Waals surface area contributed by atoms with E-state index in [2.05, 4.69) is 33.9 Å². The summed E-state index contributed by atoms with van der Waals surface area (Å²) in [5, 5.41) is 3.84. The number of ether oxygens (including phenoxy) is 5. The lowest BCUT2D eigenvalue weighted by atomic mass is 10.1. The van der Waals surface area contributed by atoms with Gasteiger partial charge in [0.05, 0.1) is 45.8 Å². The van der Waals surface area contributed by atoms with Crippen molar-refractivity contribution in [2.75, 3.05) is 62.7 Å². The Labute approximate surface area is 262 Å². The molecule has 238 valence electrons. The van der Waals surface area contributed by atoms with E-state index in [1.54, 1.807) is 35.2 Å². The van der Waals surface area contributed by atoms with E-state index in [-0.39, 0.29) is 18.2 Å². The molecule has 1 N–H and O–H groups in total. The van der Waals surface area contributed by atoms with E-state index >= 15 is 0 Å². The molecule has 3 aromatic rings. The van der Waals surface area contributed by atoms with Gasteiger partial charge in [-0.25, -0.2) is 9.78 Å². The zero-order valence-corrected chi connectivity index (χ0v) is 27.4. The highest BCUT2D eigenvalue weighted by Gasteiger charge is 2.30. The number of anilines is 4. The lowest BCUT2D eigenvalue weighted by Crippen LogP contribution is -2.46. The number of esters is 1. The minimum atomic E-state index is -0.382. The lowest BCUT2D eigenvalue weighted by Gasteiger charge is -2.37. The van der Waals surface area contributed by atoms with Crippen molar-refractivity contribution in [3.63, 3.8) is 0 Å². The van der Waals surface area contributed by atoms with Gasteiger partial charge in [0.15, 0.2) is 16.6 Å². The molecule has 5 rings (SSSR count). The zero-order valence-electron chi connectivity index (χ0n) is 26.6. The van der Waals surface area contributed by atoms with Crippen LogP contribution in [0.4, 0.5) is 22.7 Å². The molecule has 12 nitrogen and oxygen atoms in total. The van der Waals surface area contributed by atoms with E-state index in [0.717, 1.165) is 61.7 Å². The maximum atomic E-state index is 12.5. The fourth-order valence-corrected chi connectivity index (χ4v) is 6.71. The van der Waals surface area contributed by atoms with E-state index < -0.39 is 0 Å². The van der Waals surface area contributed by atoms with Gasteiger partial charge in [-0.2, -0.15) is 9.97 Å². The van der Waals surface area contributed by atoms with Crippen molar-refractivity contribution in [1.82, 2.24) is 15.0 Å². The number of fused-ring (bicyclic) bond motifs is 1. The third-order valence-electron chi connectivity index (χ3n) is 7.66. The molecule has 0 aliphatic carbocycles. The summed E-state index contributed by atoms with van der Waals surface area (Å²) in [5.74, 6) is 3.58. The SMILES string of the molecule is CCOC(=O)c1sc(Nc2nc3c(c(N4CC(C)OC(C)C4)n2)CCCCN3Cc2cc(OC)c(OC)c(OC)c2)nc1C. The molecular formula is C31H42N6O6S. The molecule has 1 aromatic carbocycles. The maximum absolute atomic E-state index is 12.5. The van der Waals surface area contributed by atoms with Crippen molar-refractivity contribution >= 4 is 40.0 Å². The van der Waals surface area contributed by atoms with Crippen LogP contribution in [0.2, 0.25) is 0 Å². The number of aromatic nitrogens is 3. The predicted molar refractivity (Wildman–Crippen MR) is 170 cm³/mol. The Morgan fingerprint density at radius 1 is 1.02 bits per heavy atom. The first-order chi connectivity index (χ1) is 21.2. The van der Waals surface area contributed by atoms with E-state index in [4.69, 9.17) is 33.7 Å². The summed E-state index contributed by atoms with van der Waals surface area (Å²) in [5.41, 5.74) is 2.72. The second-order valence-corrected chi connectivity index (χ2v) is 12.0. The number of carbonyl (C=O) groups excluding carboxylic acids is 1. The number of benzene rings is 1. The minimum Gasteiger partial charge on any atom is -0.493 e. The number of morpholine rings is 1. The van der Waals surface area contributed by atoms with E-state index in [1.807, 2.05) is 12.1 Å². The monoisotopic (exact) mass is 626 g/mol. The molecule has 0 radical (unpaired) electrons. The second kappa shape index (κ2) is 13.9. The smallest absolute Gasteiger partial charge is 0.350 e. The van der Waals surface area contributed by atoms with Gasteiger partial charge in [0.25, 0.3) is 0 Å². The van der Waals surface area contributed by atoms with Crippen LogP contribution in [0.15, 0.2) is 12.1 Å². The number of carbonyl (C=O) groups is 1. The summed E-state index contributed by atoms with van der Waals surface area (Å²) in [4.78, 5) is 32.3. The average molecular weight is 627 g/mol. The first-order valence-electron chi connectivity index (χ1n) is 15.0. The van der Waals surface area contributed by atoms with Crippen molar-refractivity contribution < 1.29 is 28.5 Å². The Morgan fingerprint density at radius 3 is 2.34 bits per heavy atom. The topological polar surface area (TPSA) is 120 Å². The van der Waals surface area contributed by atoms with Gasteiger partial charge in [-0.3, -0.25) is 5.32 Å². The molecule has 4 heterocycles. The Kier molecular flexibility index (Phi) is 9.94. The molecule has 2 aliphatic heterocycles. The first-order valence-corrected chi connectivity index (χ1v) is 15.8. The van der Waals surface area contributed by atoms with Gasteiger partial charge in [-0.1, -0.05) is 11.3 Å². The molecule has 0 saturated carbocycles. The number of nitrogens with zero attached hydrogens (tertiary/aromatic N) is 5. The van der Waals surface area contributed by atoms with Gasteiger partial charge >= 0.3 is 5.97 Å². The molecular weight excluding hydrogens is 584 g/mol. The summed E-state index contributed by atoms with van der Waals surface area (Å²) in [6, 6.07) is 3.96. The molecule has 13 heteroatoms. The van der Waals surface area contributed by atoms with Crippen molar-refractivity contribution in [3.05, 3.63) is 33.8 Å². The standard InChI is InChI=1S/C31H42N6O6S/c1-8-42-29(38)26-20(4)32-31(44-26)35-30-33-27-22(28(34-30)37-15-18(2)43-19(3)16-37)11-9-10-12-36(27)17-21-13-23(39-5)25(41-7)24(14-21)40-6/h13-14,18-19H,8-12,15-17H2,1-7H3,(H,32,33,34,35). The van der Waals surface area contributed by atoms with Crippen LogP contribution in [0.3, 0.4) is 0 Å². The quantitative estimate of drug-likeness (QED) is 0.300. The highest BCUT2D eigenvalue weighted by Crippen LogP contribution is 2.40. The molecule has 0 amide bonds. The number of thiazole rings is 1. The van der Waals surface area contributed by atoms with Crippen molar-refractivity contribution in [3.8, 4) is 17.2 Å². The van der Waals surface area contributed by atoms with Gasteiger partial charge in [0.1, 0.15) is 16.5 Å². The normalized spacial score (nSPS) is 18.3. The fraction of sp³-hybridized carbons (Fsp3) is 0.548. The van der Waals surface area contributed by atoms with Crippen LogP contribution in [0.25, 0.3) is 0 Å². The van der Waals surface area contributed by atoms with Gasteiger partial charge in [0, 0.05) is 31.7 Å². The summed E-state index contributed by atoms with van der Waals surface area (Å²) < 4.78 is 28.1. The van der Waals surface area contributed by atoms with E-state index in [9.17, 15) is 4.79 Å². The number of rotatable bonds is 10. The molecule has 1 fully saturated rings. The minimum absolute atomic E-state index is 0.0654. The van der Waals surface area contributed by atoms with Gasteiger partial charge in [0.2, 0.25) is 11.7 Å². The van der Waals surface area contributed by atoms with Crippen LogP contribution in [0.1, 0.15) is 60.1 Å². The van der Waals surface area contributed by atoms with Crippen LogP contribution in [0.5, 0.6) is 17.2 Å². The summed E-state index contributed by atoms with van der Waals surface area (Å²) >= 11 is 1.24. The third kappa shape index (κ3) is 6.78. The number of hydrogen-bond acceptors (Lipinski definition) is 13. The Bertz CT molecular complexity index is 1450. The lowest BCUT2D eigenvalue weighted by molar-refractivity contribution is -0.00551. The summed E-state index contributed by atoms with van der Waals surface area (Å²) in [6.45, 7) is 10.9. The fourth-order valence-electron chi connectivity index (χ4n) is 5.86. The Balaban J connectivity index is 1.57. The Morgan fingerprint density at radius 2 is 1.70 bits per heavy atom. The van der Waals surface area contributed by atoms with E-state index in [0.29, 0.717) is 52.1 Å². The number of hydrogen-bond donors (Lipinski definition) is 1. The molecule has 44 heavy (non-hydrogen) atoms. The second-order valence-electron chi connectivity index (χ2n) is 11.0. The zero-order chi connectivity index (χ0) is 31.4. The largest absolute Gasteiger partial charge is 0.493 e. The number of aryl methyl sites for hydroxylation is 1.